The van der Waals surface area contributed by atoms with Gasteiger partial charge in [0.2, 0.25) is 10.0 Å². The molecule has 0 bridgehead atoms. The second-order valence-corrected chi connectivity index (χ2v) is 7.86. The van der Waals surface area contributed by atoms with Crippen LogP contribution in [-0.4, -0.2) is 29.7 Å². The van der Waals surface area contributed by atoms with Crippen molar-refractivity contribution in [2.75, 3.05) is 7.05 Å². The molecule has 7 nitrogen and oxygen atoms in total. The van der Waals surface area contributed by atoms with Crippen LogP contribution in [0.4, 0.5) is 4.39 Å². The molecular formula is C17H16FN3O4S. The van der Waals surface area contributed by atoms with Crippen LogP contribution in [0.25, 0.3) is 10.9 Å². The lowest BCUT2D eigenvalue weighted by Gasteiger charge is -2.24. The normalized spacial score (nSPS) is 13.2. The van der Waals surface area contributed by atoms with Gasteiger partial charge in [0.05, 0.1) is 15.8 Å². The summed E-state index contributed by atoms with van der Waals surface area (Å²) >= 11 is 0. The molecule has 0 aliphatic heterocycles. The summed E-state index contributed by atoms with van der Waals surface area (Å²) < 4.78 is 40.0. The number of sulfonamides is 1. The number of H-pyrrole nitrogens is 2. The molecule has 26 heavy (non-hydrogen) atoms. The average molecular weight is 377 g/mol. The zero-order valence-electron chi connectivity index (χ0n) is 14.0. The van der Waals surface area contributed by atoms with Gasteiger partial charge in [-0.2, -0.15) is 4.31 Å². The van der Waals surface area contributed by atoms with E-state index in [-0.39, 0.29) is 15.8 Å². The second-order valence-electron chi connectivity index (χ2n) is 5.86. The molecule has 0 aliphatic carbocycles. The van der Waals surface area contributed by atoms with E-state index in [2.05, 4.69) is 9.97 Å². The van der Waals surface area contributed by atoms with Crippen molar-refractivity contribution in [1.82, 2.24) is 14.3 Å². The summed E-state index contributed by atoms with van der Waals surface area (Å²) in [5, 5.41) is 0.0634. The lowest BCUT2D eigenvalue weighted by molar-refractivity contribution is 0.398. The highest BCUT2D eigenvalue weighted by Crippen LogP contribution is 2.26. The summed E-state index contributed by atoms with van der Waals surface area (Å²) in [5.41, 5.74) is -0.470. The highest BCUT2D eigenvalue weighted by atomic mass is 32.2. The number of hydrogen-bond acceptors (Lipinski definition) is 4. The Kier molecular flexibility index (Phi) is 4.51. The third-order valence-corrected chi connectivity index (χ3v) is 6.21. The highest BCUT2D eigenvalue weighted by molar-refractivity contribution is 7.89. The maximum atomic E-state index is 13.1. The maximum Gasteiger partial charge on any atom is 0.326 e. The topological polar surface area (TPSA) is 103 Å². The van der Waals surface area contributed by atoms with Crippen LogP contribution in [0.2, 0.25) is 0 Å². The van der Waals surface area contributed by atoms with E-state index >= 15 is 0 Å². The van der Waals surface area contributed by atoms with Gasteiger partial charge >= 0.3 is 5.69 Å². The van der Waals surface area contributed by atoms with Gasteiger partial charge in [0, 0.05) is 13.1 Å². The Hall–Kier alpha value is -2.78. The standard InChI is InChI=1S/C17H16FN3O4S/c1-10(11-3-5-12(18)6-4-11)21(2)26(24,25)13-7-8-15-14(9-13)16(22)20-17(23)19-15/h3-10H,1-2H3,(H2,19,20,22,23). The molecule has 1 aromatic heterocycles. The van der Waals surface area contributed by atoms with Crippen molar-refractivity contribution in [2.24, 2.45) is 0 Å². The van der Waals surface area contributed by atoms with Crippen LogP contribution in [0.5, 0.6) is 0 Å². The molecule has 0 radical (unpaired) electrons. The predicted molar refractivity (Wildman–Crippen MR) is 95.0 cm³/mol. The molecular weight excluding hydrogens is 361 g/mol. The van der Waals surface area contributed by atoms with Gasteiger partial charge in [-0.15, -0.1) is 0 Å². The van der Waals surface area contributed by atoms with Crippen LogP contribution in [0, 0.1) is 5.82 Å². The van der Waals surface area contributed by atoms with E-state index < -0.39 is 33.1 Å². The van der Waals surface area contributed by atoms with Crippen molar-refractivity contribution in [1.29, 1.82) is 0 Å². The first kappa shape index (κ1) is 18.0. The van der Waals surface area contributed by atoms with Crippen LogP contribution < -0.4 is 11.2 Å². The Morgan fingerprint density at radius 2 is 1.69 bits per heavy atom. The fraction of sp³-hybridized carbons (Fsp3) is 0.176. The summed E-state index contributed by atoms with van der Waals surface area (Å²) in [6, 6.07) is 8.91. The molecule has 0 saturated carbocycles. The van der Waals surface area contributed by atoms with Gasteiger partial charge < -0.3 is 4.98 Å². The first-order chi connectivity index (χ1) is 12.2. The van der Waals surface area contributed by atoms with Crippen molar-refractivity contribution < 1.29 is 12.8 Å². The summed E-state index contributed by atoms with van der Waals surface area (Å²) in [6.45, 7) is 1.68. The number of nitrogens with one attached hydrogen (secondary N) is 2. The van der Waals surface area contributed by atoms with E-state index in [9.17, 15) is 22.4 Å². The first-order valence-electron chi connectivity index (χ1n) is 7.70. The Morgan fingerprint density at radius 1 is 1.04 bits per heavy atom. The first-order valence-corrected chi connectivity index (χ1v) is 9.14. The number of halogens is 1. The number of aromatic nitrogens is 2. The van der Waals surface area contributed by atoms with Crippen molar-refractivity contribution in [3.63, 3.8) is 0 Å². The fourth-order valence-corrected chi connectivity index (χ4v) is 4.01. The Labute approximate surface area is 148 Å². The maximum absolute atomic E-state index is 13.1. The Balaban J connectivity index is 2.04. The van der Waals surface area contributed by atoms with Crippen molar-refractivity contribution in [2.45, 2.75) is 17.9 Å². The zero-order chi connectivity index (χ0) is 19.1. The Morgan fingerprint density at radius 3 is 2.35 bits per heavy atom. The minimum Gasteiger partial charge on any atom is -0.307 e. The van der Waals surface area contributed by atoms with E-state index in [1.807, 2.05) is 0 Å². The molecule has 9 heteroatoms. The molecule has 3 rings (SSSR count). The van der Waals surface area contributed by atoms with E-state index in [0.717, 1.165) is 4.31 Å². The van der Waals surface area contributed by atoms with Gasteiger partial charge in [0.15, 0.2) is 0 Å². The average Bonchev–Trinajstić information content (AvgIpc) is 2.60. The van der Waals surface area contributed by atoms with Gasteiger partial charge in [-0.1, -0.05) is 12.1 Å². The minimum atomic E-state index is -3.92. The minimum absolute atomic E-state index is 0.0634. The molecule has 0 spiro atoms. The molecule has 136 valence electrons. The summed E-state index contributed by atoms with van der Waals surface area (Å²) in [4.78, 5) is 27.6. The SMILES string of the molecule is CC(c1ccc(F)cc1)N(C)S(=O)(=O)c1ccc2[nH]c(=O)[nH]c(=O)c2c1. The van der Waals surface area contributed by atoms with E-state index in [1.54, 1.807) is 6.92 Å². The lowest BCUT2D eigenvalue weighted by Crippen LogP contribution is -2.30. The number of hydrogen-bond donors (Lipinski definition) is 2. The molecule has 0 aliphatic rings. The fourth-order valence-electron chi connectivity index (χ4n) is 2.63. The van der Waals surface area contributed by atoms with E-state index in [0.29, 0.717) is 5.56 Å². The zero-order valence-corrected chi connectivity index (χ0v) is 14.8. The van der Waals surface area contributed by atoms with E-state index in [1.165, 1.54) is 49.5 Å². The quantitative estimate of drug-likeness (QED) is 0.723. The second kappa shape index (κ2) is 6.50. The van der Waals surface area contributed by atoms with E-state index in [4.69, 9.17) is 0 Å². The number of fused-ring (bicyclic) bond motifs is 1. The number of aromatic amines is 2. The van der Waals surface area contributed by atoms with Crippen LogP contribution in [0.3, 0.4) is 0 Å². The summed E-state index contributed by atoms with van der Waals surface area (Å²) in [7, 11) is -2.51. The summed E-state index contributed by atoms with van der Waals surface area (Å²) in [6.07, 6.45) is 0. The highest BCUT2D eigenvalue weighted by Gasteiger charge is 2.26. The predicted octanol–water partition coefficient (Wildman–Crippen LogP) is 1.74. The summed E-state index contributed by atoms with van der Waals surface area (Å²) in [5.74, 6) is -0.408. The van der Waals surface area contributed by atoms with Gasteiger partial charge in [-0.3, -0.25) is 9.78 Å². The van der Waals surface area contributed by atoms with Crippen LogP contribution in [0.15, 0.2) is 56.9 Å². The molecule has 1 heterocycles. The molecule has 2 aromatic carbocycles. The van der Waals surface area contributed by atoms with Crippen molar-refractivity contribution >= 4 is 20.9 Å². The van der Waals surface area contributed by atoms with Gasteiger partial charge in [0.1, 0.15) is 5.82 Å². The number of rotatable bonds is 4. The molecule has 3 aromatic rings. The lowest BCUT2D eigenvalue weighted by atomic mass is 10.1. The largest absolute Gasteiger partial charge is 0.326 e. The third-order valence-electron chi connectivity index (χ3n) is 4.29. The molecule has 2 N–H and O–H groups in total. The van der Waals surface area contributed by atoms with Gasteiger partial charge in [0.25, 0.3) is 5.56 Å². The van der Waals surface area contributed by atoms with Crippen molar-refractivity contribution in [3.8, 4) is 0 Å². The molecule has 1 atom stereocenters. The van der Waals surface area contributed by atoms with Crippen LogP contribution in [-0.2, 0) is 10.0 Å². The third kappa shape index (κ3) is 3.18. The Bertz CT molecular complexity index is 1180. The molecule has 1 unspecified atom stereocenters. The molecule has 0 fully saturated rings. The van der Waals surface area contributed by atoms with Crippen molar-refractivity contribution in [3.05, 3.63) is 74.7 Å². The smallest absolute Gasteiger partial charge is 0.307 e. The van der Waals surface area contributed by atoms with Crippen LogP contribution >= 0.6 is 0 Å². The monoisotopic (exact) mass is 377 g/mol. The molecule has 0 amide bonds. The number of benzene rings is 2. The van der Waals surface area contributed by atoms with Crippen LogP contribution in [0.1, 0.15) is 18.5 Å². The van der Waals surface area contributed by atoms with Gasteiger partial charge in [-0.05, 0) is 42.8 Å². The molecule has 0 saturated heterocycles. The van der Waals surface area contributed by atoms with Gasteiger partial charge in [-0.25, -0.2) is 17.6 Å². The number of nitrogens with zero attached hydrogens (tertiary/aromatic N) is 1.